The summed E-state index contributed by atoms with van der Waals surface area (Å²) in [5.41, 5.74) is 1.44. The van der Waals surface area contributed by atoms with E-state index in [2.05, 4.69) is 4.98 Å². The quantitative estimate of drug-likeness (QED) is 0.906. The van der Waals surface area contributed by atoms with E-state index in [1.54, 1.807) is 0 Å². The normalized spacial score (nSPS) is 12.4. The van der Waals surface area contributed by atoms with E-state index in [1.165, 1.54) is 11.3 Å². The molecule has 4 heteroatoms. The average Bonchev–Trinajstić information content (AvgIpc) is 2.76. The summed E-state index contributed by atoms with van der Waals surface area (Å²) in [6.45, 7) is 4.44. The van der Waals surface area contributed by atoms with Crippen LogP contribution in [0.4, 0.5) is 0 Å². The Labute approximate surface area is 105 Å². The van der Waals surface area contributed by atoms with Crippen molar-refractivity contribution in [2.45, 2.75) is 20.0 Å². The third kappa shape index (κ3) is 2.65. The van der Waals surface area contributed by atoms with Gasteiger partial charge in [-0.15, -0.1) is 11.3 Å². The van der Waals surface area contributed by atoms with Gasteiger partial charge >= 0.3 is 0 Å². The first-order chi connectivity index (χ1) is 8.22. The fraction of sp³-hybridized carbons (Fsp3) is 0.308. The summed E-state index contributed by atoms with van der Waals surface area (Å²) < 4.78 is 5.50. The van der Waals surface area contributed by atoms with E-state index < -0.39 is 6.10 Å². The minimum atomic E-state index is -0.720. The number of ether oxygens (including phenoxy) is 1. The van der Waals surface area contributed by atoms with Crippen molar-refractivity contribution in [3.05, 3.63) is 45.9 Å². The lowest BCUT2D eigenvalue weighted by Crippen LogP contribution is -2.04. The van der Waals surface area contributed by atoms with Gasteiger partial charge in [0, 0.05) is 10.9 Å². The Balaban J connectivity index is 2.33. The number of rotatable bonds is 4. The number of hydrogen-bond donors (Lipinski definition) is 1. The lowest BCUT2D eigenvalue weighted by Gasteiger charge is -2.13. The predicted molar refractivity (Wildman–Crippen MR) is 68.5 cm³/mol. The van der Waals surface area contributed by atoms with Gasteiger partial charge in [0.25, 0.3) is 0 Å². The van der Waals surface area contributed by atoms with Crippen LogP contribution >= 0.6 is 11.3 Å². The van der Waals surface area contributed by atoms with Crippen LogP contribution in [-0.2, 0) is 0 Å². The second-order valence-electron chi connectivity index (χ2n) is 3.66. The van der Waals surface area contributed by atoms with Crippen LogP contribution in [-0.4, -0.2) is 16.7 Å². The van der Waals surface area contributed by atoms with E-state index in [9.17, 15) is 5.11 Å². The molecule has 0 fully saturated rings. The molecule has 0 bridgehead atoms. The molecule has 2 rings (SSSR count). The molecule has 1 unspecified atom stereocenters. The number of aliphatic hydroxyl groups excluding tert-OH is 1. The molecule has 17 heavy (non-hydrogen) atoms. The van der Waals surface area contributed by atoms with Gasteiger partial charge in [-0.1, -0.05) is 18.2 Å². The number of hydrogen-bond acceptors (Lipinski definition) is 4. The van der Waals surface area contributed by atoms with Crippen molar-refractivity contribution in [3.8, 4) is 5.75 Å². The van der Waals surface area contributed by atoms with Crippen molar-refractivity contribution >= 4 is 11.3 Å². The molecule has 1 aromatic carbocycles. The monoisotopic (exact) mass is 249 g/mol. The lowest BCUT2D eigenvalue weighted by molar-refractivity contribution is 0.208. The summed E-state index contributed by atoms with van der Waals surface area (Å²) in [6.07, 6.45) is -0.720. The molecule has 1 atom stereocenters. The predicted octanol–water partition coefficient (Wildman–Crippen LogP) is 2.93. The highest BCUT2D eigenvalue weighted by atomic mass is 32.1. The Bertz CT molecular complexity index is 496. The second-order valence-corrected chi connectivity index (χ2v) is 4.73. The van der Waals surface area contributed by atoms with E-state index in [4.69, 9.17) is 4.74 Å². The van der Waals surface area contributed by atoms with Gasteiger partial charge < -0.3 is 9.84 Å². The van der Waals surface area contributed by atoms with Gasteiger partial charge in [-0.3, -0.25) is 0 Å². The highest BCUT2D eigenvalue weighted by Crippen LogP contribution is 2.30. The van der Waals surface area contributed by atoms with Crippen molar-refractivity contribution in [3.63, 3.8) is 0 Å². The summed E-state index contributed by atoms with van der Waals surface area (Å²) in [6, 6.07) is 7.51. The highest BCUT2D eigenvalue weighted by molar-refractivity contribution is 7.09. The Morgan fingerprint density at radius 2 is 2.18 bits per heavy atom. The fourth-order valence-corrected chi connectivity index (χ4v) is 2.29. The molecule has 3 nitrogen and oxygen atoms in total. The zero-order valence-corrected chi connectivity index (χ0v) is 10.7. The first-order valence-corrected chi connectivity index (χ1v) is 6.42. The van der Waals surface area contributed by atoms with Crippen LogP contribution in [0.1, 0.15) is 29.3 Å². The Kier molecular flexibility index (Phi) is 3.76. The summed E-state index contributed by atoms with van der Waals surface area (Å²) in [5.74, 6) is 0.716. The van der Waals surface area contributed by atoms with Crippen molar-refractivity contribution in [1.29, 1.82) is 0 Å². The maximum absolute atomic E-state index is 10.3. The molecule has 1 heterocycles. The van der Waals surface area contributed by atoms with Gasteiger partial charge in [-0.2, -0.15) is 0 Å². The molecule has 0 aliphatic carbocycles. The van der Waals surface area contributed by atoms with E-state index in [1.807, 2.05) is 43.5 Å². The van der Waals surface area contributed by atoms with E-state index >= 15 is 0 Å². The number of aliphatic hydroxyl groups is 1. The van der Waals surface area contributed by atoms with Crippen LogP contribution in [0, 0.1) is 6.92 Å². The molecule has 1 N–H and O–H groups in total. The zero-order chi connectivity index (χ0) is 12.3. The molecule has 0 spiro atoms. The minimum Gasteiger partial charge on any atom is -0.493 e. The molecule has 1 aromatic heterocycles. The van der Waals surface area contributed by atoms with Crippen LogP contribution < -0.4 is 4.74 Å². The Morgan fingerprint density at radius 1 is 1.41 bits per heavy atom. The van der Waals surface area contributed by atoms with Gasteiger partial charge in [0.15, 0.2) is 0 Å². The third-order valence-corrected chi connectivity index (χ3v) is 3.22. The van der Waals surface area contributed by atoms with E-state index in [0.717, 1.165) is 10.6 Å². The topological polar surface area (TPSA) is 42.4 Å². The van der Waals surface area contributed by atoms with Crippen LogP contribution in [0.5, 0.6) is 5.75 Å². The number of aryl methyl sites for hydroxylation is 1. The average molecular weight is 249 g/mol. The number of aromatic nitrogens is 1. The largest absolute Gasteiger partial charge is 0.493 e. The molecule has 0 saturated carbocycles. The molecule has 0 amide bonds. The standard InChI is InChI=1S/C13H15NO2S/c1-3-16-12-7-5-4-6-10(12)13(15)11-8-17-9(2)14-11/h4-8,13,15H,3H2,1-2H3. The zero-order valence-electron chi connectivity index (χ0n) is 9.88. The van der Waals surface area contributed by atoms with Gasteiger partial charge in [0.2, 0.25) is 0 Å². The second kappa shape index (κ2) is 5.29. The number of benzene rings is 1. The van der Waals surface area contributed by atoms with Crippen LogP contribution in [0.2, 0.25) is 0 Å². The Hall–Kier alpha value is -1.39. The number of para-hydroxylation sites is 1. The van der Waals surface area contributed by atoms with E-state index in [0.29, 0.717) is 18.1 Å². The summed E-state index contributed by atoms with van der Waals surface area (Å²) in [7, 11) is 0. The first kappa shape index (κ1) is 12.1. The third-order valence-electron chi connectivity index (χ3n) is 2.43. The summed E-state index contributed by atoms with van der Waals surface area (Å²) in [4.78, 5) is 4.30. The van der Waals surface area contributed by atoms with Gasteiger partial charge in [-0.25, -0.2) is 4.98 Å². The molecular weight excluding hydrogens is 234 g/mol. The van der Waals surface area contributed by atoms with E-state index in [-0.39, 0.29) is 0 Å². The molecule has 0 aliphatic heterocycles. The lowest BCUT2D eigenvalue weighted by atomic mass is 10.1. The maximum Gasteiger partial charge on any atom is 0.125 e. The molecule has 90 valence electrons. The first-order valence-electron chi connectivity index (χ1n) is 5.54. The van der Waals surface area contributed by atoms with Crippen LogP contribution in [0.25, 0.3) is 0 Å². The molecule has 0 aliphatic rings. The van der Waals surface area contributed by atoms with Gasteiger partial charge in [-0.05, 0) is 19.9 Å². The van der Waals surface area contributed by atoms with Gasteiger partial charge in [0.1, 0.15) is 11.9 Å². The summed E-state index contributed by atoms with van der Waals surface area (Å²) in [5, 5.41) is 13.1. The number of thiazole rings is 1. The van der Waals surface area contributed by atoms with Gasteiger partial charge in [0.05, 0.1) is 17.3 Å². The molecule has 0 radical (unpaired) electrons. The van der Waals surface area contributed by atoms with Crippen molar-refractivity contribution in [2.24, 2.45) is 0 Å². The maximum atomic E-state index is 10.3. The molecule has 2 aromatic rings. The molecule has 0 saturated heterocycles. The number of nitrogens with zero attached hydrogens (tertiary/aromatic N) is 1. The van der Waals surface area contributed by atoms with Crippen LogP contribution in [0.15, 0.2) is 29.6 Å². The van der Waals surface area contributed by atoms with Crippen molar-refractivity contribution in [1.82, 2.24) is 4.98 Å². The fourth-order valence-electron chi connectivity index (χ4n) is 1.66. The highest BCUT2D eigenvalue weighted by Gasteiger charge is 2.17. The van der Waals surface area contributed by atoms with Crippen molar-refractivity contribution in [2.75, 3.05) is 6.61 Å². The molecular formula is C13H15NO2S. The smallest absolute Gasteiger partial charge is 0.125 e. The van der Waals surface area contributed by atoms with Crippen LogP contribution in [0.3, 0.4) is 0 Å². The SMILES string of the molecule is CCOc1ccccc1C(O)c1csc(C)n1. The minimum absolute atomic E-state index is 0.583. The van der Waals surface area contributed by atoms with Crippen molar-refractivity contribution < 1.29 is 9.84 Å². The summed E-state index contributed by atoms with van der Waals surface area (Å²) >= 11 is 1.53. The Morgan fingerprint density at radius 3 is 2.82 bits per heavy atom.